The highest BCUT2D eigenvalue weighted by atomic mass is 16.2. The zero-order chi connectivity index (χ0) is 11.4. The van der Waals surface area contributed by atoms with Gasteiger partial charge in [-0.1, -0.05) is 6.92 Å². The number of rotatable bonds is 3. The van der Waals surface area contributed by atoms with E-state index in [0.717, 1.165) is 26.1 Å². The second-order valence-electron chi connectivity index (χ2n) is 4.55. The number of nitrogens with zero attached hydrogens (tertiary/aromatic N) is 1. The van der Waals surface area contributed by atoms with Gasteiger partial charge in [0.15, 0.2) is 0 Å². The molecule has 1 rings (SSSR count). The summed E-state index contributed by atoms with van der Waals surface area (Å²) in [6.07, 6.45) is 1.14. The minimum atomic E-state index is -0.0310. The van der Waals surface area contributed by atoms with Crippen molar-refractivity contribution in [1.29, 1.82) is 0 Å². The Morgan fingerprint density at radius 3 is 2.87 bits per heavy atom. The Kier molecular flexibility index (Phi) is 4.54. The summed E-state index contributed by atoms with van der Waals surface area (Å²) in [5, 5.41) is 2.69. The van der Waals surface area contributed by atoms with E-state index in [2.05, 4.69) is 17.1 Å². The van der Waals surface area contributed by atoms with Crippen LogP contribution in [-0.4, -0.2) is 43.5 Å². The predicted molar refractivity (Wildman–Crippen MR) is 61.4 cm³/mol. The van der Waals surface area contributed by atoms with Crippen LogP contribution in [0, 0.1) is 11.8 Å². The third-order valence-electron chi connectivity index (χ3n) is 3.62. The topological polar surface area (TPSA) is 58.4 Å². The maximum absolute atomic E-state index is 11.5. The molecular weight excluding hydrogens is 190 g/mol. The lowest BCUT2D eigenvalue weighted by Crippen LogP contribution is -2.51. The Hall–Kier alpha value is -0.610. The number of carbonyl (C=O) groups is 1. The lowest BCUT2D eigenvalue weighted by Gasteiger charge is -2.39. The zero-order valence-electron chi connectivity index (χ0n) is 9.99. The number of nitrogens with two attached hydrogens (primary N) is 1. The quantitative estimate of drug-likeness (QED) is 0.696. The van der Waals surface area contributed by atoms with Crippen LogP contribution in [0.15, 0.2) is 0 Å². The first-order valence-electron chi connectivity index (χ1n) is 5.75. The maximum Gasteiger partial charge on any atom is 0.236 e. The smallest absolute Gasteiger partial charge is 0.236 e. The lowest BCUT2D eigenvalue weighted by molar-refractivity contribution is -0.126. The fraction of sp³-hybridized carbons (Fsp3) is 0.909. The summed E-state index contributed by atoms with van der Waals surface area (Å²) in [5.41, 5.74) is 5.74. The highest BCUT2D eigenvalue weighted by Gasteiger charge is 2.29. The molecule has 0 aromatic carbocycles. The van der Waals surface area contributed by atoms with Gasteiger partial charge < -0.3 is 11.1 Å². The van der Waals surface area contributed by atoms with E-state index in [0.29, 0.717) is 11.8 Å². The average Bonchev–Trinajstić information content (AvgIpc) is 2.27. The van der Waals surface area contributed by atoms with Crippen molar-refractivity contribution in [2.24, 2.45) is 17.6 Å². The molecule has 1 fully saturated rings. The second kappa shape index (κ2) is 5.47. The number of likely N-dealkylation sites (N-methyl/N-ethyl adjacent to an activating group) is 1. The summed E-state index contributed by atoms with van der Waals surface area (Å²) in [6.45, 7) is 6.89. The Labute approximate surface area is 92.2 Å². The van der Waals surface area contributed by atoms with Gasteiger partial charge in [0.25, 0.3) is 0 Å². The zero-order valence-corrected chi connectivity index (χ0v) is 9.99. The van der Waals surface area contributed by atoms with Crippen LogP contribution in [0.25, 0.3) is 0 Å². The van der Waals surface area contributed by atoms with Crippen LogP contribution in [-0.2, 0) is 4.79 Å². The van der Waals surface area contributed by atoms with Crippen LogP contribution in [0.4, 0.5) is 0 Å². The van der Waals surface area contributed by atoms with Gasteiger partial charge in [0.05, 0.1) is 6.04 Å². The van der Waals surface area contributed by atoms with Crippen molar-refractivity contribution in [2.45, 2.75) is 26.3 Å². The number of piperidine rings is 1. The summed E-state index contributed by atoms with van der Waals surface area (Å²) < 4.78 is 0. The molecule has 1 heterocycles. The number of carbonyl (C=O) groups excluding carboxylic acids is 1. The number of hydrogen-bond donors (Lipinski definition) is 2. The van der Waals surface area contributed by atoms with E-state index in [1.807, 2.05) is 6.92 Å². The first-order chi connectivity index (χ1) is 7.10. The largest absolute Gasteiger partial charge is 0.358 e. The van der Waals surface area contributed by atoms with Crippen molar-refractivity contribution < 1.29 is 4.79 Å². The van der Waals surface area contributed by atoms with Gasteiger partial charge in [-0.3, -0.25) is 9.69 Å². The van der Waals surface area contributed by atoms with Crippen molar-refractivity contribution in [1.82, 2.24) is 10.2 Å². The monoisotopic (exact) mass is 213 g/mol. The molecule has 0 aromatic heterocycles. The van der Waals surface area contributed by atoms with Crippen molar-refractivity contribution in [3.63, 3.8) is 0 Å². The third-order valence-corrected chi connectivity index (χ3v) is 3.62. The fourth-order valence-electron chi connectivity index (χ4n) is 2.21. The molecule has 1 saturated heterocycles. The molecule has 0 spiro atoms. The van der Waals surface area contributed by atoms with E-state index in [4.69, 9.17) is 5.73 Å². The highest BCUT2D eigenvalue weighted by molar-refractivity contribution is 5.80. The standard InChI is InChI=1S/C11H23N3O/c1-8-4-5-14(7-10(8)6-12)9(2)11(15)13-3/h8-10H,4-7,12H2,1-3H3,(H,13,15). The van der Waals surface area contributed by atoms with Crippen LogP contribution in [0.5, 0.6) is 0 Å². The molecule has 0 saturated carbocycles. The van der Waals surface area contributed by atoms with Gasteiger partial charge in [0.2, 0.25) is 5.91 Å². The number of hydrogen-bond acceptors (Lipinski definition) is 3. The van der Waals surface area contributed by atoms with Crippen molar-refractivity contribution in [3.05, 3.63) is 0 Å². The first-order valence-corrected chi connectivity index (χ1v) is 5.75. The van der Waals surface area contributed by atoms with Crippen LogP contribution < -0.4 is 11.1 Å². The number of nitrogens with one attached hydrogen (secondary N) is 1. The molecule has 0 bridgehead atoms. The molecular formula is C11H23N3O. The molecule has 1 aliphatic heterocycles. The van der Waals surface area contributed by atoms with Gasteiger partial charge in [0.1, 0.15) is 0 Å². The first kappa shape index (κ1) is 12.5. The maximum atomic E-state index is 11.5. The molecule has 0 aromatic rings. The highest BCUT2D eigenvalue weighted by Crippen LogP contribution is 2.23. The minimum absolute atomic E-state index is 0.0310. The molecule has 0 radical (unpaired) electrons. The third kappa shape index (κ3) is 2.92. The molecule has 3 unspecified atom stereocenters. The molecule has 15 heavy (non-hydrogen) atoms. The SMILES string of the molecule is CNC(=O)C(C)N1CCC(C)C(CN)C1. The summed E-state index contributed by atoms with van der Waals surface area (Å²) in [4.78, 5) is 13.7. The summed E-state index contributed by atoms with van der Waals surface area (Å²) in [5.74, 6) is 1.31. The molecule has 88 valence electrons. The van der Waals surface area contributed by atoms with Crippen molar-refractivity contribution in [2.75, 3.05) is 26.7 Å². The molecule has 3 N–H and O–H groups in total. The fourth-order valence-corrected chi connectivity index (χ4v) is 2.21. The van der Waals surface area contributed by atoms with Gasteiger partial charge in [-0.25, -0.2) is 0 Å². The van der Waals surface area contributed by atoms with E-state index in [9.17, 15) is 4.79 Å². The lowest BCUT2D eigenvalue weighted by atomic mass is 9.86. The van der Waals surface area contributed by atoms with E-state index >= 15 is 0 Å². The normalized spacial score (nSPS) is 29.9. The number of amides is 1. The molecule has 4 nitrogen and oxygen atoms in total. The molecule has 1 aliphatic rings. The second-order valence-corrected chi connectivity index (χ2v) is 4.55. The van der Waals surface area contributed by atoms with Crippen LogP contribution in [0.1, 0.15) is 20.3 Å². The Balaban J connectivity index is 2.54. The van der Waals surface area contributed by atoms with Crippen molar-refractivity contribution >= 4 is 5.91 Å². The van der Waals surface area contributed by atoms with E-state index < -0.39 is 0 Å². The van der Waals surface area contributed by atoms with Gasteiger partial charge in [-0.2, -0.15) is 0 Å². The number of likely N-dealkylation sites (tertiary alicyclic amines) is 1. The summed E-state index contributed by atoms with van der Waals surface area (Å²) in [7, 11) is 1.69. The van der Waals surface area contributed by atoms with E-state index in [1.54, 1.807) is 7.05 Å². The summed E-state index contributed by atoms with van der Waals surface area (Å²) >= 11 is 0. The summed E-state index contributed by atoms with van der Waals surface area (Å²) in [6, 6.07) is -0.0310. The van der Waals surface area contributed by atoms with Crippen LogP contribution >= 0.6 is 0 Å². The van der Waals surface area contributed by atoms with Gasteiger partial charge in [-0.15, -0.1) is 0 Å². The van der Waals surface area contributed by atoms with E-state index in [-0.39, 0.29) is 11.9 Å². The molecule has 1 amide bonds. The Morgan fingerprint density at radius 1 is 1.67 bits per heavy atom. The van der Waals surface area contributed by atoms with E-state index in [1.165, 1.54) is 0 Å². The predicted octanol–water partition coefficient (Wildman–Crippen LogP) is 0.0376. The van der Waals surface area contributed by atoms with Crippen LogP contribution in [0.2, 0.25) is 0 Å². The van der Waals surface area contributed by atoms with Crippen LogP contribution in [0.3, 0.4) is 0 Å². The molecule has 4 heteroatoms. The average molecular weight is 213 g/mol. The molecule has 3 atom stereocenters. The van der Waals surface area contributed by atoms with Crippen molar-refractivity contribution in [3.8, 4) is 0 Å². The molecule has 0 aliphatic carbocycles. The van der Waals surface area contributed by atoms with Gasteiger partial charge >= 0.3 is 0 Å². The van der Waals surface area contributed by atoms with Gasteiger partial charge in [0, 0.05) is 13.6 Å². The Bertz CT molecular complexity index is 220. The van der Waals surface area contributed by atoms with Gasteiger partial charge in [-0.05, 0) is 38.3 Å². The Morgan fingerprint density at radius 2 is 2.33 bits per heavy atom. The minimum Gasteiger partial charge on any atom is -0.358 e.